The minimum absolute atomic E-state index is 0.0594. The Bertz CT molecular complexity index is 325. The number of phenolic OH excluding ortho intramolecular Hbond substituents is 1. The summed E-state index contributed by atoms with van der Waals surface area (Å²) in [7, 11) is 0. The second kappa shape index (κ2) is 3.65. The Morgan fingerprint density at radius 1 is 1.33 bits per heavy atom. The summed E-state index contributed by atoms with van der Waals surface area (Å²) < 4.78 is 0. The van der Waals surface area contributed by atoms with Gasteiger partial charge in [0.25, 0.3) is 0 Å². The zero-order valence-electron chi connectivity index (χ0n) is 5.96. The average Bonchev–Trinajstić information content (AvgIpc) is 2.01. The number of hydrogen-bond donors (Lipinski definition) is 2. The first-order chi connectivity index (χ1) is 5.65. The molecule has 0 spiro atoms. The molecule has 3 N–H and O–H groups in total. The quantitative estimate of drug-likeness (QED) is 0.418. The first kappa shape index (κ1) is 9.16. The summed E-state index contributed by atoms with van der Waals surface area (Å²) in [5.74, 6) is 4.86. The van der Waals surface area contributed by atoms with Gasteiger partial charge in [0.2, 0.25) is 0 Å². The molecule has 1 aromatic carbocycles. The Morgan fingerprint density at radius 3 is 2.58 bits per heavy atom. The second-order valence-corrected chi connectivity index (χ2v) is 2.92. The molecule has 0 unspecified atom stereocenters. The zero-order chi connectivity index (χ0) is 9.14. The maximum Gasteiger partial charge on any atom is 0.135 e. The van der Waals surface area contributed by atoms with Crippen LogP contribution in [0.1, 0.15) is 5.56 Å². The van der Waals surface area contributed by atoms with Crippen molar-refractivity contribution in [1.82, 2.24) is 0 Å². The Kier molecular flexibility index (Phi) is 2.78. The van der Waals surface area contributed by atoms with E-state index in [1.54, 1.807) is 0 Å². The predicted octanol–water partition coefficient (Wildman–Crippen LogP) is 1.99. The SMILES string of the molecule is N/N=C/c1cc(Cl)c(O)cc1Cl. The van der Waals surface area contributed by atoms with E-state index in [0.717, 1.165) is 0 Å². The normalized spacial score (nSPS) is 10.8. The molecule has 1 aromatic rings. The van der Waals surface area contributed by atoms with Crippen LogP contribution in [0.15, 0.2) is 17.2 Å². The molecule has 0 atom stereocenters. The van der Waals surface area contributed by atoms with Crippen molar-refractivity contribution in [3.63, 3.8) is 0 Å². The van der Waals surface area contributed by atoms with Crippen LogP contribution < -0.4 is 5.84 Å². The number of nitrogens with two attached hydrogens (primary N) is 1. The van der Waals surface area contributed by atoms with Gasteiger partial charge in [0, 0.05) is 11.6 Å². The number of hydrazone groups is 1. The van der Waals surface area contributed by atoms with Crippen molar-refractivity contribution in [1.29, 1.82) is 0 Å². The van der Waals surface area contributed by atoms with E-state index < -0.39 is 0 Å². The highest BCUT2D eigenvalue weighted by atomic mass is 35.5. The third-order valence-corrected chi connectivity index (χ3v) is 1.91. The van der Waals surface area contributed by atoms with Crippen LogP contribution in [0.5, 0.6) is 5.75 Å². The van der Waals surface area contributed by atoms with Crippen molar-refractivity contribution in [3.05, 3.63) is 27.7 Å². The summed E-state index contributed by atoms with van der Waals surface area (Å²) in [6.45, 7) is 0. The number of benzene rings is 1. The van der Waals surface area contributed by atoms with Gasteiger partial charge in [-0.3, -0.25) is 0 Å². The highest BCUT2D eigenvalue weighted by molar-refractivity contribution is 6.36. The fraction of sp³-hybridized carbons (Fsp3) is 0. The lowest BCUT2D eigenvalue weighted by atomic mass is 10.2. The molecule has 0 saturated heterocycles. The van der Waals surface area contributed by atoms with E-state index in [2.05, 4.69) is 5.10 Å². The molecule has 12 heavy (non-hydrogen) atoms. The van der Waals surface area contributed by atoms with E-state index in [9.17, 15) is 0 Å². The van der Waals surface area contributed by atoms with Crippen LogP contribution in [0.3, 0.4) is 0 Å². The first-order valence-corrected chi connectivity index (χ1v) is 3.82. The molecule has 0 amide bonds. The Labute approximate surface area is 79.4 Å². The number of rotatable bonds is 1. The average molecular weight is 205 g/mol. The summed E-state index contributed by atoms with van der Waals surface area (Å²) in [6.07, 6.45) is 1.35. The van der Waals surface area contributed by atoms with Crippen molar-refractivity contribution in [2.24, 2.45) is 10.9 Å². The third-order valence-electron chi connectivity index (χ3n) is 1.28. The van der Waals surface area contributed by atoms with E-state index in [-0.39, 0.29) is 10.8 Å². The molecule has 0 heterocycles. The first-order valence-electron chi connectivity index (χ1n) is 3.06. The van der Waals surface area contributed by atoms with Crippen LogP contribution in [0.25, 0.3) is 0 Å². The van der Waals surface area contributed by atoms with Gasteiger partial charge in [-0.05, 0) is 6.07 Å². The summed E-state index contributed by atoms with van der Waals surface area (Å²) in [5, 5.41) is 13.0. The largest absolute Gasteiger partial charge is 0.506 e. The van der Waals surface area contributed by atoms with Gasteiger partial charge < -0.3 is 10.9 Å². The van der Waals surface area contributed by atoms with Gasteiger partial charge in [-0.15, -0.1) is 0 Å². The number of phenols is 1. The Morgan fingerprint density at radius 2 is 2.00 bits per heavy atom. The van der Waals surface area contributed by atoms with E-state index in [1.165, 1.54) is 18.3 Å². The zero-order valence-corrected chi connectivity index (χ0v) is 7.47. The Hall–Kier alpha value is -0.930. The lowest BCUT2D eigenvalue weighted by molar-refractivity contribution is 0.475. The highest BCUT2D eigenvalue weighted by Crippen LogP contribution is 2.28. The lowest BCUT2D eigenvalue weighted by Crippen LogP contribution is -1.87. The molecule has 0 aliphatic heterocycles. The molecule has 0 aliphatic rings. The summed E-state index contributed by atoms with van der Waals surface area (Å²) in [6, 6.07) is 2.82. The maximum atomic E-state index is 9.10. The molecule has 64 valence electrons. The fourth-order valence-corrected chi connectivity index (χ4v) is 1.11. The summed E-state index contributed by atoms with van der Waals surface area (Å²) >= 11 is 11.3. The topological polar surface area (TPSA) is 58.6 Å². The van der Waals surface area contributed by atoms with Crippen molar-refractivity contribution in [2.75, 3.05) is 0 Å². The van der Waals surface area contributed by atoms with Gasteiger partial charge in [-0.1, -0.05) is 23.2 Å². The lowest BCUT2D eigenvalue weighted by Gasteiger charge is -2.00. The standard InChI is InChI=1S/C7H6Cl2N2O/c8-5-2-7(12)6(9)1-4(5)3-11-10/h1-3,12H,10H2/b11-3+. The molecule has 0 aromatic heterocycles. The van der Waals surface area contributed by atoms with Crippen molar-refractivity contribution >= 4 is 29.4 Å². The van der Waals surface area contributed by atoms with Gasteiger partial charge in [-0.2, -0.15) is 5.10 Å². The molecular weight excluding hydrogens is 199 g/mol. The third kappa shape index (κ3) is 1.81. The van der Waals surface area contributed by atoms with Gasteiger partial charge in [0.15, 0.2) is 0 Å². The number of nitrogens with zero attached hydrogens (tertiary/aromatic N) is 1. The van der Waals surface area contributed by atoms with E-state index in [1.807, 2.05) is 0 Å². The summed E-state index contributed by atoms with van der Waals surface area (Å²) in [4.78, 5) is 0. The monoisotopic (exact) mass is 204 g/mol. The highest BCUT2D eigenvalue weighted by Gasteiger charge is 2.03. The predicted molar refractivity (Wildman–Crippen MR) is 49.9 cm³/mol. The molecule has 1 rings (SSSR count). The van der Waals surface area contributed by atoms with Gasteiger partial charge in [-0.25, -0.2) is 0 Å². The molecule has 0 bridgehead atoms. The maximum absolute atomic E-state index is 9.10. The number of hydrogen-bond acceptors (Lipinski definition) is 3. The molecule has 3 nitrogen and oxygen atoms in total. The fourth-order valence-electron chi connectivity index (χ4n) is 0.731. The van der Waals surface area contributed by atoms with Crippen LogP contribution in [0, 0.1) is 0 Å². The molecule has 0 saturated carbocycles. The number of aromatic hydroxyl groups is 1. The molecule has 0 aliphatic carbocycles. The molecule has 0 fully saturated rings. The van der Waals surface area contributed by atoms with E-state index >= 15 is 0 Å². The van der Waals surface area contributed by atoms with Crippen molar-refractivity contribution < 1.29 is 5.11 Å². The van der Waals surface area contributed by atoms with E-state index in [4.69, 9.17) is 34.2 Å². The molecule has 5 heteroatoms. The minimum Gasteiger partial charge on any atom is -0.506 e. The van der Waals surface area contributed by atoms with Crippen LogP contribution >= 0.6 is 23.2 Å². The van der Waals surface area contributed by atoms with Crippen molar-refractivity contribution in [3.8, 4) is 5.75 Å². The minimum atomic E-state index is -0.0594. The Balaban J connectivity index is 3.23. The van der Waals surface area contributed by atoms with Crippen LogP contribution in [0.4, 0.5) is 0 Å². The van der Waals surface area contributed by atoms with Crippen molar-refractivity contribution in [2.45, 2.75) is 0 Å². The summed E-state index contributed by atoms with van der Waals surface area (Å²) in [5.41, 5.74) is 0.571. The molecule has 0 radical (unpaired) electrons. The van der Waals surface area contributed by atoms with Crippen LogP contribution in [-0.4, -0.2) is 11.3 Å². The van der Waals surface area contributed by atoms with Crippen LogP contribution in [0.2, 0.25) is 10.0 Å². The van der Waals surface area contributed by atoms with E-state index in [0.29, 0.717) is 10.6 Å². The van der Waals surface area contributed by atoms with Gasteiger partial charge >= 0.3 is 0 Å². The second-order valence-electron chi connectivity index (χ2n) is 2.10. The van der Waals surface area contributed by atoms with Crippen LogP contribution in [-0.2, 0) is 0 Å². The number of halogens is 2. The molecular formula is C7H6Cl2N2O. The smallest absolute Gasteiger partial charge is 0.135 e. The van der Waals surface area contributed by atoms with Gasteiger partial charge in [0.1, 0.15) is 5.75 Å². The van der Waals surface area contributed by atoms with Gasteiger partial charge in [0.05, 0.1) is 16.3 Å².